The molecule has 3 heterocycles. The van der Waals surface area contributed by atoms with Crippen LogP contribution in [-0.2, 0) is 0 Å². The summed E-state index contributed by atoms with van der Waals surface area (Å²) in [5.41, 5.74) is 2.18. The number of hydrogen-bond acceptors (Lipinski definition) is 7. The molecule has 4 rings (SSSR count). The third-order valence-electron chi connectivity index (χ3n) is 4.52. The first-order valence-electron chi connectivity index (χ1n) is 8.58. The smallest absolute Gasteiger partial charge is 0.225 e. The molecule has 0 unspecified atom stereocenters. The van der Waals surface area contributed by atoms with Gasteiger partial charge < -0.3 is 14.5 Å². The Morgan fingerprint density at radius 3 is 2.23 bits per heavy atom. The van der Waals surface area contributed by atoms with Crippen LogP contribution in [0.15, 0.2) is 55.0 Å². The van der Waals surface area contributed by atoms with Crippen molar-refractivity contribution in [1.82, 2.24) is 20.2 Å². The molecule has 0 aliphatic carbocycles. The number of ether oxygens (including phenoxy) is 1. The van der Waals surface area contributed by atoms with Crippen molar-refractivity contribution in [2.75, 3.05) is 43.1 Å². The highest BCUT2D eigenvalue weighted by atomic mass is 16.5. The Balaban J connectivity index is 1.54. The van der Waals surface area contributed by atoms with Gasteiger partial charge in [0.15, 0.2) is 5.82 Å². The van der Waals surface area contributed by atoms with Gasteiger partial charge in [0.25, 0.3) is 0 Å². The van der Waals surface area contributed by atoms with Gasteiger partial charge in [-0.05, 0) is 29.8 Å². The molecule has 0 spiro atoms. The molecule has 1 aliphatic rings. The minimum atomic E-state index is 0.779. The topological polar surface area (TPSA) is 67.3 Å². The first-order valence-corrected chi connectivity index (χ1v) is 8.58. The monoisotopic (exact) mass is 348 g/mol. The Morgan fingerprint density at radius 2 is 1.54 bits per heavy atom. The second kappa shape index (κ2) is 7.35. The second-order valence-electron chi connectivity index (χ2n) is 6.02. The maximum atomic E-state index is 5.25. The molecule has 132 valence electrons. The first kappa shape index (κ1) is 16.3. The lowest BCUT2D eigenvalue weighted by molar-refractivity contribution is 0.415. The van der Waals surface area contributed by atoms with Gasteiger partial charge in [0.2, 0.25) is 5.95 Å². The Labute approximate surface area is 152 Å². The highest BCUT2D eigenvalue weighted by Gasteiger charge is 2.22. The molecule has 1 saturated heterocycles. The van der Waals surface area contributed by atoms with Crippen molar-refractivity contribution in [2.45, 2.75) is 0 Å². The summed E-state index contributed by atoms with van der Waals surface area (Å²) in [7, 11) is 1.67. The number of piperazine rings is 1. The van der Waals surface area contributed by atoms with Gasteiger partial charge in [-0.15, -0.1) is 5.10 Å². The molecular formula is C19H20N6O. The molecule has 0 radical (unpaired) electrons. The predicted octanol–water partition coefficient (Wildman–Crippen LogP) is 2.27. The molecule has 1 aromatic carbocycles. The van der Waals surface area contributed by atoms with Gasteiger partial charge in [0, 0.05) is 44.1 Å². The SMILES string of the molecule is COc1ccc(-c2ccnnc2N2CCN(c3ncccn3)CC2)cc1. The van der Waals surface area contributed by atoms with Gasteiger partial charge in [-0.3, -0.25) is 0 Å². The third kappa shape index (κ3) is 3.28. The van der Waals surface area contributed by atoms with Crippen LogP contribution in [0, 0.1) is 0 Å². The Morgan fingerprint density at radius 1 is 0.846 bits per heavy atom. The summed E-state index contributed by atoms with van der Waals surface area (Å²) in [4.78, 5) is 13.1. The fraction of sp³-hybridized carbons (Fsp3) is 0.263. The van der Waals surface area contributed by atoms with E-state index in [0.29, 0.717) is 0 Å². The Kier molecular flexibility index (Phi) is 4.59. The number of nitrogens with zero attached hydrogens (tertiary/aromatic N) is 6. The first-order chi connectivity index (χ1) is 12.8. The molecule has 26 heavy (non-hydrogen) atoms. The van der Waals surface area contributed by atoms with E-state index < -0.39 is 0 Å². The number of benzene rings is 1. The van der Waals surface area contributed by atoms with Crippen LogP contribution in [0.3, 0.4) is 0 Å². The molecule has 7 heteroatoms. The third-order valence-corrected chi connectivity index (χ3v) is 4.52. The van der Waals surface area contributed by atoms with Crippen molar-refractivity contribution < 1.29 is 4.74 Å². The average molecular weight is 348 g/mol. The number of anilines is 2. The summed E-state index contributed by atoms with van der Waals surface area (Å²) in [6, 6.07) is 11.9. The van der Waals surface area contributed by atoms with Crippen molar-refractivity contribution in [3.05, 3.63) is 55.0 Å². The van der Waals surface area contributed by atoms with E-state index in [1.165, 1.54) is 0 Å². The summed E-state index contributed by atoms with van der Waals surface area (Å²) in [5.74, 6) is 2.53. The van der Waals surface area contributed by atoms with Gasteiger partial charge in [-0.2, -0.15) is 5.10 Å². The van der Waals surface area contributed by atoms with Gasteiger partial charge in [0.1, 0.15) is 5.75 Å². The van der Waals surface area contributed by atoms with E-state index in [1.807, 2.05) is 36.4 Å². The lowest BCUT2D eigenvalue weighted by atomic mass is 10.1. The van der Waals surface area contributed by atoms with Crippen LogP contribution in [0.1, 0.15) is 0 Å². The zero-order valence-corrected chi connectivity index (χ0v) is 14.6. The highest BCUT2D eigenvalue weighted by Crippen LogP contribution is 2.30. The van der Waals surface area contributed by atoms with Crippen LogP contribution < -0.4 is 14.5 Å². The fourth-order valence-electron chi connectivity index (χ4n) is 3.13. The number of aromatic nitrogens is 4. The van der Waals surface area contributed by atoms with Crippen molar-refractivity contribution >= 4 is 11.8 Å². The molecule has 1 fully saturated rings. The lowest BCUT2D eigenvalue weighted by Gasteiger charge is -2.35. The van der Waals surface area contributed by atoms with E-state index in [0.717, 1.165) is 54.8 Å². The zero-order valence-electron chi connectivity index (χ0n) is 14.6. The van der Waals surface area contributed by atoms with E-state index >= 15 is 0 Å². The molecule has 2 aromatic heterocycles. The van der Waals surface area contributed by atoms with Crippen LogP contribution in [0.25, 0.3) is 11.1 Å². The number of methoxy groups -OCH3 is 1. The maximum absolute atomic E-state index is 5.25. The van der Waals surface area contributed by atoms with Crippen LogP contribution in [0.4, 0.5) is 11.8 Å². The van der Waals surface area contributed by atoms with Crippen LogP contribution in [0.5, 0.6) is 5.75 Å². The number of hydrogen-bond donors (Lipinski definition) is 0. The summed E-state index contributed by atoms with van der Waals surface area (Å²) in [6.07, 6.45) is 5.29. The van der Waals surface area contributed by atoms with Gasteiger partial charge >= 0.3 is 0 Å². The lowest BCUT2D eigenvalue weighted by Crippen LogP contribution is -2.47. The molecule has 0 bridgehead atoms. The molecule has 0 saturated carbocycles. The van der Waals surface area contributed by atoms with Gasteiger partial charge in [0.05, 0.1) is 13.3 Å². The van der Waals surface area contributed by atoms with E-state index in [-0.39, 0.29) is 0 Å². The molecule has 0 atom stereocenters. The van der Waals surface area contributed by atoms with Crippen LogP contribution >= 0.6 is 0 Å². The van der Waals surface area contributed by atoms with Crippen molar-refractivity contribution in [3.63, 3.8) is 0 Å². The van der Waals surface area contributed by atoms with Crippen molar-refractivity contribution in [3.8, 4) is 16.9 Å². The summed E-state index contributed by atoms with van der Waals surface area (Å²) < 4.78 is 5.25. The minimum Gasteiger partial charge on any atom is -0.497 e. The summed E-state index contributed by atoms with van der Waals surface area (Å²) in [6.45, 7) is 3.39. The molecule has 7 nitrogen and oxygen atoms in total. The molecule has 0 N–H and O–H groups in total. The standard InChI is InChI=1S/C19H20N6O/c1-26-16-5-3-15(4-6-16)17-7-10-22-23-18(17)24-11-13-25(14-12-24)19-20-8-2-9-21-19/h2-10H,11-14H2,1H3. The molecule has 3 aromatic rings. The average Bonchev–Trinajstić information content (AvgIpc) is 2.75. The largest absolute Gasteiger partial charge is 0.497 e. The predicted molar refractivity (Wildman–Crippen MR) is 100 cm³/mol. The van der Waals surface area contributed by atoms with Crippen LogP contribution in [0.2, 0.25) is 0 Å². The second-order valence-corrected chi connectivity index (χ2v) is 6.02. The van der Waals surface area contributed by atoms with E-state index in [1.54, 1.807) is 25.7 Å². The summed E-state index contributed by atoms with van der Waals surface area (Å²) in [5, 5.41) is 8.52. The van der Waals surface area contributed by atoms with Crippen molar-refractivity contribution in [1.29, 1.82) is 0 Å². The normalized spacial score (nSPS) is 14.3. The quantitative estimate of drug-likeness (QED) is 0.716. The summed E-state index contributed by atoms with van der Waals surface area (Å²) >= 11 is 0. The minimum absolute atomic E-state index is 0.779. The maximum Gasteiger partial charge on any atom is 0.225 e. The van der Waals surface area contributed by atoms with Gasteiger partial charge in [-0.25, -0.2) is 9.97 Å². The van der Waals surface area contributed by atoms with Crippen LogP contribution in [-0.4, -0.2) is 53.5 Å². The molecule has 0 amide bonds. The van der Waals surface area contributed by atoms with E-state index in [9.17, 15) is 0 Å². The molecule has 1 aliphatic heterocycles. The Hall–Kier alpha value is -3.22. The van der Waals surface area contributed by atoms with Crippen molar-refractivity contribution in [2.24, 2.45) is 0 Å². The highest BCUT2D eigenvalue weighted by molar-refractivity contribution is 5.75. The Bertz CT molecular complexity index is 847. The fourth-order valence-corrected chi connectivity index (χ4v) is 3.13. The molecular weight excluding hydrogens is 328 g/mol. The zero-order chi connectivity index (χ0) is 17.8. The van der Waals surface area contributed by atoms with E-state index in [4.69, 9.17) is 4.74 Å². The van der Waals surface area contributed by atoms with E-state index in [2.05, 4.69) is 30.0 Å². The van der Waals surface area contributed by atoms with Gasteiger partial charge in [-0.1, -0.05) is 12.1 Å². The number of rotatable bonds is 4.